The highest BCUT2D eigenvalue weighted by Gasteiger charge is 2.34. The monoisotopic (exact) mass is 280 g/mol. The van der Waals surface area contributed by atoms with Gasteiger partial charge in [0.15, 0.2) is 0 Å². The van der Waals surface area contributed by atoms with Gasteiger partial charge in [-0.2, -0.15) is 0 Å². The molecule has 20 heavy (non-hydrogen) atoms. The largest absolute Gasteiger partial charge is 0.314 e. The van der Waals surface area contributed by atoms with E-state index in [4.69, 9.17) is 0 Å². The molecule has 4 atom stereocenters. The predicted molar refractivity (Wildman–Crippen MR) is 88.0 cm³/mol. The number of hydrogen-bond acceptors (Lipinski definition) is 2. The Kier molecular flexibility index (Phi) is 6.35. The highest BCUT2D eigenvalue weighted by Crippen LogP contribution is 2.32. The second-order valence-corrected chi connectivity index (χ2v) is 7.69. The highest BCUT2D eigenvalue weighted by atomic mass is 15.2. The number of nitrogens with one attached hydrogen (secondary N) is 1. The second kappa shape index (κ2) is 7.79. The fourth-order valence-electron chi connectivity index (χ4n) is 4.43. The molecular weight excluding hydrogens is 244 g/mol. The molecule has 2 aliphatic rings. The van der Waals surface area contributed by atoms with Gasteiger partial charge in [-0.25, -0.2) is 0 Å². The van der Waals surface area contributed by atoms with Crippen LogP contribution >= 0.6 is 0 Å². The summed E-state index contributed by atoms with van der Waals surface area (Å²) < 4.78 is 0. The Hall–Kier alpha value is -0.0800. The third-order valence-electron chi connectivity index (χ3n) is 5.55. The molecule has 2 heteroatoms. The molecule has 0 aromatic heterocycles. The van der Waals surface area contributed by atoms with E-state index in [0.29, 0.717) is 0 Å². The minimum Gasteiger partial charge on any atom is -0.314 e. The van der Waals surface area contributed by atoms with Gasteiger partial charge in [-0.1, -0.05) is 27.7 Å². The summed E-state index contributed by atoms with van der Waals surface area (Å²) in [6, 6.07) is 1.62. The zero-order valence-electron chi connectivity index (χ0n) is 14.2. The second-order valence-electron chi connectivity index (χ2n) is 7.69. The smallest absolute Gasteiger partial charge is 0.0119 e. The Morgan fingerprint density at radius 1 is 1.20 bits per heavy atom. The quantitative estimate of drug-likeness (QED) is 0.793. The lowest BCUT2D eigenvalue weighted by atomic mass is 9.78. The van der Waals surface area contributed by atoms with Crippen molar-refractivity contribution in [1.29, 1.82) is 0 Å². The van der Waals surface area contributed by atoms with E-state index >= 15 is 0 Å². The van der Waals surface area contributed by atoms with Crippen LogP contribution in [-0.4, -0.2) is 36.6 Å². The third-order valence-corrected chi connectivity index (χ3v) is 5.55. The molecule has 0 amide bonds. The SMILES string of the molecule is CCCNC1CCC(C)CC1CN1CCCC1C(C)C. The van der Waals surface area contributed by atoms with E-state index in [-0.39, 0.29) is 0 Å². The van der Waals surface area contributed by atoms with Gasteiger partial charge in [-0.05, 0) is 69.4 Å². The Labute approximate surface area is 126 Å². The summed E-state index contributed by atoms with van der Waals surface area (Å²) in [7, 11) is 0. The summed E-state index contributed by atoms with van der Waals surface area (Å²) in [4.78, 5) is 2.81. The van der Waals surface area contributed by atoms with Gasteiger partial charge < -0.3 is 5.32 Å². The van der Waals surface area contributed by atoms with E-state index in [9.17, 15) is 0 Å². The molecule has 1 saturated carbocycles. The average Bonchev–Trinajstić information content (AvgIpc) is 2.86. The molecule has 2 nitrogen and oxygen atoms in total. The van der Waals surface area contributed by atoms with Crippen molar-refractivity contribution in [3.05, 3.63) is 0 Å². The minimum absolute atomic E-state index is 0.777. The molecule has 0 radical (unpaired) electrons. The maximum absolute atomic E-state index is 3.83. The Balaban J connectivity index is 1.92. The van der Waals surface area contributed by atoms with Crippen LogP contribution in [0.1, 0.15) is 66.2 Å². The van der Waals surface area contributed by atoms with E-state index < -0.39 is 0 Å². The van der Waals surface area contributed by atoms with Gasteiger partial charge >= 0.3 is 0 Å². The number of likely N-dealkylation sites (tertiary alicyclic amines) is 1. The van der Waals surface area contributed by atoms with Crippen molar-refractivity contribution in [3.63, 3.8) is 0 Å². The molecule has 118 valence electrons. The van der Waals surface area contributed by atoms with Gasteiger partial charge in [0.2, 0.25) is 0 Å². The van der Waals surface area contributed by atoms with E-state index in [1.807, 2.05) is 0 Å². The van der Waals surface area contributed by atoms with Crippen LogP contribution in [0.5, 0.6) is 0 Å². The first-order valence-corrected chi connectivity index (χ1v) is 9.09. The van der Waals surface area contributed by atoms with Crippen LogP contribution < -0.4 is 5.32 Å². The lowest BCUT2D eigenvalue weighted by molar-refractivity contribution is 0.121. The summed E-state index contributed by atoms with van der Waals surface area (Å²) in [5.41, 5.74) is 0. The Bertz CT molecular complexity index is 275. The molecule has 1 saturated heterocycles. The molecule has 0 bridgehead atoms. The number of hydrogen-bond donors (Lipinski definition) is 1. The van der Waals surface area contributed by atoms with E-state index in [1.165, 1.54) is 58.2 Å². The van der Waals surface area contributed by atoms with Gasteiger partial charge in [-0.3, -0.25) is 4.90 Å². The molecule has 1 N–H and O–H groups in total. The van der Waals surface area contributed by atoms with Crippen molar-refractivity contribution >= 4 is 0 Å². The van der Waals surface area contributed by atoms with Crippen LogP contribution in [0.25, 0.3) is 0 Å². The summed E-state index contributed by atoms with van der Waals surface area (Å²) in [6.45, 7) is 13.4. The van der Waals surface area contributed by atoms with Crippen LogP contribution in [0.4, 0.5) is 0 Å². The maximum atomic E-state index is 3.83. The molecule has 1 heterocycles. The maximum Gasteiger partial charge on any atom is 0.0119 e. The predicted octanol–water partition coefficient (Wildman–Crippen LogP) is 3.91. The fourth-order valence-corrected chi connectivity index (χ4v) is 4.43. The topological polar surface area (TPSA) is 15.3 Å². The van der Waals surface area contributed by atoms with Crippen molar-refractivity contribution in [3.8, 4) is 0 Å². The zero-order valence-corrected chi connectivity index (χ0v) is 14.2. The van der Waals surface area contributed by atoms with Crippen molar-refractivity contribution in [1.82, 2.24) is 10.2 Å². The molecule has 1 aliphatic heterocycles. The van der Waals surface area contributed by atoms with Crippen molar-refractivity contribution in [2.45, 2.75) is 78.3 Å². The molecule has 2 rings (SSSR count). The molecule has 4 unspecified atom stereocenters. The van der Waals surface area contributed by atoms with Crippen LogP contribution in [0.15, 0.2) is 0 Å². The summed E-state index contributed by atoms with van der Waals surface area (Å²) in [6.07, 6.45) is 8.35. The van der Waals surface area contributed by atoms with Crippen LogP contribution in [0.3, 0.4) is 0 Å². The number of rotatable bonds is 6. The van der Waals surface area contributed by atoms with Crippen LogP contribution in [0.2, 0.25) is 0 Å². The van der Waals surface area contributed by atoms with Gasteiger partial charge in [0.25, 0.3) is 0 Å². The molecule has 2 fully saturated rings. The van der Waals surface area contributed by atoms with Gasteiger partial charge in [-0.15, -0.1) is 0 Å². The first kappa shape index (κ1) is 16.3. The zero-order chi connectivity index (χ0) is 14.5. The van der Waals surface area contributed by atoms with Crippen LogP contribution in [0, 0.1) is 17.8 Å². The molecule has 0 aromatic carbocycles. The summed E-state index contributed by atoms with van der Waals surface area (Å²) in [5, 5.41) is 3.83. The lowest BCUT2D eigenvalue weighted by Gasteiger charge is -2.39. The standard InChI is InChI=1S/C18H36N2/c1-5-10-19-17-9-8-15(4)12-16(17)13-20-11-6-7-18(20)14(2)3/h14-19H,5-13H2,1-4H3. The van der Waals surface area contributed by atoms with Gasteiger partial charge in [0.05, 0.1) is 0 Å². The molecule has 1 aliphatic carbocycles. The van der Waals surface area contributed by atoms with Crippen molar-refractivity contribution in [2.75, 3.05) is 19.6 Å². The first-order chi connectivity index (χ1) is 9.61. The average molecular weight is 280 g/mol. The van der Waals surface area contributed by atoms with Gasteiger partial charge in [0.1, 0.15) is 0 Å². The fraction of sp³-hybridized carbons (Fsp3) is 1.00. The van der Waals surface area contributed by atoms with Gasteiger partial charge in [0, 0.05) is 18.6 Å². The van der Waals surface area contributed by atoms with Crippen molar-refractivity contribution < 1.29 is 0 Å². The van der Waals surface area contributed by atoms with E-state index in [0.717, 1.165) is 29.8 Å². The van der Waals surface area contributed by atoms with Crippen molar-refractivity contribution in [2.24, 2.45) is 17.8 Å². The van der Waals surface area contributed by atoms with E-state index in [2.05, 4.69) is 37.9 Å². The van der Waals surface area contributed by atoms with Crippen LogP contribution in [-0.2, 0) is 0 Å². The minimum atomic E-state index is 0.777. The summed E-state index contributed by atoms with van der Waals surface area (Å²) in [5.74, 6) is 2.63. The first-order valence-electron chi connectivity index (χ1n) is 9.09. The third kappa shape index (κ3) is 4.21. The Morgan fingerprint density at radius 2 is 2.00 bits per heavy atom. The normalized spacial score (nSPS) is 35.9. The molecule has 0 aromatic rings. The lowest BCUT2D eigenvalue weighted by Crippen LogP contribution is -2.47. The van der Waals surface area contributed by atoms with E-state index in [1.54, 1.807) is 0 Å². The molecule has 0 spiro atoms. The Morgan fingerprint density at radius 3 is 2.70 bits per heavy atom. The number of nitrogens with zero attached hydrogens (tertiary/aromatic N) is 1. The highest BCUT2D eigenvalue weighted by molar-refractivity contribution is 4.89. The summed E-state index contributed by atoms with van der Waals surface area (Å²) >= 11 is 0. The molecular formula is C18H36N2.